The molecule has 4 rings (SSSR count). The summed E-state index contributed by atoms with van der Waals surface area (Å²) in [6.07, 6.45) is 1.55. The van der Waals surface area contributed by atoms with Crippen LogP contribution in [-0.2, 0) is 9.53 Å². The molecular weight excluding hydrogens is 336 g/mol. The lowest BCUT2D eigenvalue weighted by molar-refractivity contribution is -0.132. The normalized spacial score (nSPS) is 19.3. The van der Waals surface area contributed by atoms with E-state index in [2.05, 4.69) is 15.3 Å². The number of fused-ring (bicyclic) bond motifs is 1. The number of aliphatic carboxylic acids is 1. The number of anilines is 2. The maximum absolute atomic E-state index is 12.8. The van der Waals surface area contributed by atoms with Gasteiger partial charge >= 0.3 is 5.97 Å². The second-order valence-corrected chi connectivity index (χ2v) is 6.15. The summed E-state index contributed by atoms with van der Waals surface area (Å²) in [7, 11) is 0. The number of aromatic nitrogens is 2. The van der Waals surface area contributed by atoms with Gasteiger partial charge in [-0.25, -0.2) is 4.79 Å². The zero-order valence-corrected chi connectivity index (χ0v) is 13.9. The zero-order chi connectivity index (χ0) is 18.1. The first-order valence-corrected chi connectivity index (χ1v) is 8.37. The Morgan fingerprint density at radius 3 is 2.65 bits per heavy atom. The third kappa shape index (κ3) is 2.95. The number of ether oxygens (including phenoxy) is 1. The van der Waals surface area contributed by atoms with Gasteiger partial charge in [-0.05, 0) is 11.6 Å². The molecule has 0 spiro atoms. The predicted molar refractivity (Wildman–Crippen MR) is 95.5 cm³/mol. The molecule has 0 amide bonds. The highest BCUT2D eigenvalue weighted by molar-refractivity contribution is 5.91. The smallest absolute Gasteiger partial charge is 0.352 e. The molecule has 8 nitrogen and oxygen atoms in total. The van der Waals surface area contributed by atoms with E-state index < -0.39 is 11.9 Å². The summed E-state index contributed by atoms with van der Waals surface area (Å²) >= 11 is 0. The molecule has 26 heavy (non-hydrogen) atoms. The van der Waals surface area contributed by atoms with Crippen LogP contribution in [0.25, 0.3) is 0 Å². The lowest BCUT2D eigenvalue weighted by Crippen LogP contribution is -2.39. The molecule has 2 aliphatic rings. The largest absolute Gasteiger partial charge is 0.477 e. The monoisotopic (exact) mass is 354 g/mol. The Bertz CT molecular complexity index is 917. The number of nitrogens with zero attached hydrogens (tertiary/aromatic N) is 2. The first-order chi connectivity index (χ1) is 12.6. The molecule has 0 radical (unpaired) electrons. The van der Waals surface area contributed by atoms with E-state index in [4.69, 9.17) is 4.74 Å². The van der Waals surface area contributed by atoms with Crippen LogP contribution in [-0.4, -0.2) is 47.3 Å². The van der Waals surface area contributed by atoms with Crippen molar-refractivity contribution in [3.05, 3.63) is 63.6 Å². The van der Waals surface area contributed by atoms with Crippen LogP contribution in [0.15, 0.2) is 46.9 Å². The number of hydrogen-bond acceptors (Lipinski definition) is 6. The average Bonchev–Trinajstić information content (AvgIpc) is 2.68. The Kier molecular flexibility index (Phi) is 4.18. The summed E-state index contributed by atoms with van der Waals surface area (Å²) < 4.78 is 5.32. The Morgan fingerprint density at radius 2 is 1.96 bits per heavy atom. The molecule has 0 aliphatic carbocycles. The molecule has 1 atom stereocenters. The summed E-state index contributed by atoms with van der Waals surface area (Å²) in [5, 5.41) is 12.2. The lowest BCUT2D eigenvalue weighted by Gasteiger charge is -2.29. The number of benzene rings is 1. The summed E-state index contributed by atoms with van der Waals surface area (Å²) in [6.45, 7) is 2.35. The van der Waals surface area contributed by atoms with Gasteiger partial charge in [0, 0.05) is 19.0 Å². The van der Waals surface area contributed by atoms with Gasteiger partial charge in [-0.3, -0.25) is 9.78 Å². The van der Waals surface area contributed by atoms with E-state index >= 15 is 0 Å². The van der Waals surface area contributed by atoms with E-state index in [1.165, 1.54) is 0 Å². The number of H-pyrrole nitrogens is 1. The lowest BCUT2D eigenvalue weighted by atomic mass is 9.89. The Hall–Kier alpha value is -3.13. The molecule has 3 heterocycles. The van der Waals surface area contributed by atoms with Crippen molar-refractivity contribution in [2.45, 2.75) is 5.92 Å². The minimum Gasteiger partial charge on any atom is -0.477 e. The van der Waals surface area contributed by atoms with Gasteiger partial charge in [0.25, 0.3) is 5.56 Å². The van der Waals surface area contributed by atoms with Crippen LogP contribution in [0.3, 0.4) is 0 Å². The van der Waals surface area contributed by atoms with Crippen LogP contribution in [0.1, 0.15) is 17.0 Å². The minimum atomic E-state index is -1.09. The van der Waals surface area contributed by atoms with E-state index in [0.29, 0.717) is 37.8 Å². The molecule has 1 saturated heterocycles. The average molecular weight is 354 g/mol. The van der Waals surface area contributed by atoms with E-state index in [1.54, 1.807) is 6.08 Å². The Balaban J connectivity index is 1.82. The molecule has 0 bridgehead atoms. The molecule has 8 heteroatoms. The number of carboxylic acids is 1. The molecule has 134 valence electrons. The number of hydrogen-bond donors (Lipinski definition) is 3. The van der Waals surface area contributed by atoms with Crippen molar-refractivity contribution in [1.29, 1.82) is 0 Å². The van der Waals surface area contributed by atoms with E-state index in [1.807, 2.05) is 35.2 Å². The van der Waals surface area contributed by atoms with Crippen molar-refractivity contribution >= 4 is 17.7 Å². The molecule has 1 aromatic heterocycles. The number of morpholine rings is 1. The highest BCUT2D eigenvalue weighted by Crippen LogP contribution is 2.34. The number of nitrogens with one attached hydrogen (secondary N) is 2. The van der Waals surface area contributed by atoms with Crippen LogP contribution in [0.5, 0.6) is 0 Å². The number of allylic oxidation sites excluding steroid dienone is 1. The van der Waals surface area contributed by atoms with Crippen LogP contribution >= 0.6 is 0 Å². The predicted octanol–water partition coefficient (Wildman–Crippen LogP) is 1.13. The molecule has 2 aromatic rings. The van der Waals surface area contributed by atoms with Crippen molar-refractivity contribution in [1.82, 2.24) is 9.97 Å². The molecule has 0 saturated carbocycles. The number of carbonyl (C=O) groups is 1. The van der Waals surface area contributed by atoms with Gasteiger partial charge in [-0.1, -0.05) is 30.3 Å². The van der Waals surface area contributed by atoms with Crippen LogP contribution in [0.2, 0.25) is 0 Å². The minimum absolute atomic E-state index is 0.0115. The van der Waals surface area contributed by atoms with Gasteiger partial charge in [0.2, 0.25) is 5.95 Å². The van der Waals surface area contributed by atoms with Gasteiger partial charge < -0.3 is 20.1 Å². The van der Waals surface area contributed by atoms with E-state index in [-0.39, 0.29) is 17.1 Å². The quantitative estimate of drug-likeness (QED) is 0.758. The maximum atomic E-state index is 12.8. The summed E-state index contributed by atoms with van der Waals surface area (Å²) in [4.78, 5) is 33.6. The third-order valence-electron chi connectivity index (χ3n) is 4.54. The second kappa shape index (κ2) is 6.64. The highest BCUT2D eigenvalue weighted by atomic mass is 16.5. The van der Waals surface area contributed by atoms with Gasteiger partial charge in [0.05, 0.1) is 18.8 Å². The standard InChI is InChI=1S/C18H18N4O4/c23-16-14-12(11-4-2-1-3-5-11)10-13(17(24)25)19-15(14)20-18(21-16)22-6-8-26-9-7-22/h1-5,10,12H,6-9H2,(H,24,25)(H2,19,20,21,23)/t12-/m1/s1. The molecule has 1 fully saturated rings. The molecule has 3 N–H and O–H groups in total. The van der Waals surface area contributed by atoms with Crippen molar-refractivity contribution in [2.75, 3.05) is 36.5 Å². The second-order valence-electron chi connectivity index (χ2n) is 6.15. The summed E-state index contributed by atoms with van der Waals surface area (Å²) in [5.41, 5.74) is 0.981. The van der Waals surface area contributed by atoms with E-state index in [9.17, 15) is 14.7 Å². The Labute approximate surface area is 149 Å². The number of aromatic amines is 1. The van der Waals surface area contributed by atoms with E-state index in [0.717, 1.165) is 5.56 Å². The third-order valence-corrected chi connectivity index (χ3v) is 4.54. The van der Waals surface area contributed by atoms with Gasteiger partial charge in [-0.2, -0.15) is 4.98 Å². The molecule has 0 unspecified atom stereocenters. The summed E-state index contributed by atoms with van der Waals surface area (Å²) in [6, 6.07) is 9.32. The van der Waals surface area contributed by atoms with Crippen molar-refractivity contribution in [3.8, 4) is 0 Å². The first-order valence-electron chi connectivity index (χ1n) is 8.37. The van der Waals surface area contributed by atoms with Gasteiger partial charge in [0.1, 0.15) is 11.5 Å². The first kappa shape index (κ1) is 16.3. The number of rotatable bonds is 3. The zero-order valence-electron chi connectivity index (χ0n) is 13.9. The fourth-order valence-corrected chi connectivity index (χ4v) is 3.25. The van der Waals surface area contributed by atoms with Crippen LogP contribution in [0, 0.1) is 0 Å². The SMILES string of the molecule is O=C(O)C1=C[C@H](c2ccccc2)c2c(nc(N3CCOCC3)[nH]c2=O)N1. The van der Waals surface area contributed by atoms with Gasteiger partial charge in [0.15, 0.2) is 0 Å². The highest BCUT2D eigenvalue weighted by Gasteiger charge is 2.29. The van der Waals surface area contributed by atoms with Crippen LogP contribution < -0.4 is 15.8 Å². The molecule has 1 aromatic carbocycles. The summed E-state index contributed by atoms with van der Waals surface area (Å²) in [5.74, 6) is -0.868. The number of carboxylic acid groups (broad SMARTS) is 1. The fourth-order valence-electron chi connectivity index (χ4n) is 3.25. The van der Waals surface area contributed by atoms with Crippen molar-refractivity contribution < 1.29 is 14.6 Å². The van der Waals surface area contributed by atoms with Crippen LogP contribution in [0.4, 0.5) is 11.8 Å². The molecular formula is C18H18N4O4. The molecule has 2 aliphatic heterocycles. The van der Waals surface area contributed by atoms with Gasteiger partial charge in [-0.15, -0.1) is 0 Å². The fraction of sp³-hybridized carbons (Fsp3) is 0.278. The maximum Gasteiger partial charge on any atom is 0.352 e. The topological polar surface area (TPSA) is 108 Å². The van der Waals surface area contributed by atoms with Crippen molar-refractivity contribution in [3.63, 3.8) is 0 Å². The Morgan fingerprint density at radius 1 is 1.23 bits per heavy atom. The van der Waals surface area contributed by atoms with Crippen molar-refractivity contribution in [2.24, 2.45) is 0 Å².